The zero-order valence-corrected chi connectivity index (χ0v) is 28.6. The molecule has 0 heteroatoms. The van der Waals surface area contributed by atoms with Crippen LogP contribution in [0.2, 0.25) is 0 Å². The smallest absolute Gasteiger partial charge is 0.0179 e. The molecule has 2 spiro atoms. The van der Waals surface area contributed by atoms with Crippen LogP contribution in [0.15, 0.2) is 158 Å². The van der Waals surface area contributed by atoms with Crippen molar-refractivity contribution in [1.29, 1.82) is 0 Å². The second-order valence-electron chi connectivity index (χ2n) is 17.3. The summed E-state index contributed by atoms with van der Waals surface area (Å²) in [4.78, 5) is 0. The Bertz CT molecular complexity index is 2450. The van der Waals surface area contributed by atoms with Crippen LogP contribution >= 0.6 is 0 Å². The van der Waals surface area contributed by atoms with Crippen LogP contribution < -0.4 is 0 Å². The first kappa shape index (κ1) is 26.3. The van der Waals surface area contributed by atoms with Gasteiger partial charge < -0.3 is 0 Å². The van der Waals surface area contributed by atoms with E-state index in [1.54, 1.807) is 89.0 Å². The molecule has 0 heterocycles. The maximum atomic E-state index is 2.82. The fourth-order valence-electron chi connectivity index (χ4n) is 15.5. The van der Waals surface area contributed by atoms with Crippen molar-refractivity contribution in [3.63, 3.8) is 0 Å². The molecule has 0 fully saturated rings. The van der Waals surface area contributed by atoms with E-state index >= 15 is 0 Å². The Kier molecular flexibility index (Phi) is 4.19. The minimum Gasteiger partial charge on any atom is -0.0620 e. The van der Waals surface area contributed by atoms with E-state index in [1.165, 1.54) is 0 Å². The van der Waals surface area contributed by atoms with Crippen LogP contribution in [0.5, 0.6) is 0 Å². The van der Waals surface area contributed by atoms with Crippen molar-refractivity contribution >= 4 is 0 Å². The molecule has 0 bridgehead atoms. The first-order valence-electron chi connectivity index (χ1n) is 19.5. The molecule has 8 atom stereocenters. The Balaban J connectivity index is 1.08. The lowest BCUT2D eigenvalue weighted by molar-refractivity contribution is 0.238. The van der Waals surface area contributed by atoms with E-state index in [4.69, 9.17) is 0 Å². The molecule has 8 aliphatic carbocycles. The van der Waals surface area contributed by atoms with Crippen LogP contribution in [0.25, 0.3) is 0 Å². The number of rotatable bonds is 0. The first-order valence-corrected chi connectivity index (χ1v) is 19.5. The fraction of sp³-hybridized carbons (Fsp3) is 0.192. The zero-order valence-electron chi connectivity index (χ0n) is 28.6. The molecule has 0 amide bonds. The molecule has 52 heavy (non-hydrogen) atoms. The van der Waals surface area contributed by atoms with Crippen LogP contribution in [0, 0.1) is 10.8 Å². The lowest BCUT2D eigenvalue weighted by Gasteiger charge is -2.38. The van der Waals surface area contributed by atoms with Crippen LogP contribution in [0.3, 0.4) is 0 Å². The molecule has 0 radical (unpaired) electrons. The van der Waals surface area contributed by atoms with Gasteiger partial charge in [-0.3, -0.25) is 0 Å². The summed E-state index contributed by atoms with van der Waals surface area (Å²) >= 11 is 0. The maximum absolute atomic E-state index is 2.82. The standard InChI is InChI=1S/C52H34/c1-2-14-28-27(13-1)43-31-17-5-9-21-35(31)47-39-25-41-42(26-40(39)48-36-22-10-6-18-32(36)44(28)51(43,47)48)50-38-24-12-8-20-34(38)46-30-16-4-3-15-29(30)45-33-19-7-11-23-37(33)49(41)52(45,46)50/h1-26,43-50H/t43-,44-,45+,46+,47+,48+,49-,50-,51?,52?. The Morgan fingerprint density at radius 1 is 0.192 bits per heavy atom. The zero-order chi connectivity index (χ0) is 33.2. The number of benzene rings is 7. The molecule has 8 aliphatic rings. The molecule has 7 aromatic carbocycles. The summed E-state index contributed by atoms with van der Waals surface area (Å²) in [7, 11) is 0. The van der Waals surface area contributed by atoms with E-state index in [-0.39, 0.29) is 10.8 Å². The number of hydrogen-bond acceptors (Lipinski definition) is 0. The van der Waals surface area contributed by atoms with Gasteiger partial charge in [0, 0.05) is 58.2 Å². The summed E-state index contributed by atoms with van der Waals surface area (Å²) in [6.07, 6.45) is 0. The van der Waals surface area contributed by atoms with Gasteiger partial charge in [0.2, 0.25) is 0 Å². The normalized spacial score (nSPS) is 33.5. The van der Waals surface area contributed by atoms with Gasteiger partial charge in [-0.25, -0.2) is 0 Å². The van der Waals surface area contributed by atoms with Gasteiger partial charge in [-0.2, -0.15) is 0 Å². The van der Waals surface area contributed by atoms with E-state index in [2.05, 4.69) is 158 Å². The van der Waals surface area contributed by atoms with Crippen LogP contribution in [0.1, 0.15) is 136 Å². The highest BCUT2D eigenvalue weighted by atomic mass is 14.8. The van der Waals surface area contributed by atoms with Crippen molar-refractivity contribution in [1.82, 2.24) is 0 Å². The van der Waals surface area contributed by atoms with Gasteiger partial charge in [-0.15, -0.1) is 0 Å². The predicted molar refractivity (Wildman–Crippen MR) is 205 cm³/mol. The molecule has 7 aromatic rings. The van der Waals surface area contributed by atoms with Gasteiger partial charge in [0.15, 0.2) is 0 Å². The Hall–Kier alpha value is -5.46. The SMILES string of the molecule is c1ccc2c(c1)[C@H]1c3ccccc3[C@@H]3c4cc5c(cc4[C@H]4c6ccccc6[C@H]2C134)[C@@H]1c2ccccc2[C@H]2c3ccccc3[C@@H]3c4ccccc4[C@@H]5C321. The third-order valence-electron chi connectivity index (χ3n) is 16.2. The molecule has 0 aliphatic heterocycles. The maximum Gasteiger partial charge on any atom is 0.0179 e. The Morgan fingerprint density at radius 3 is 0.481 bits per heavy atom. The van der Waals surface area contributed by atoms with Gasteiger partial charge in [0.05, 0.1) is 0 Å². The summed E-state index contributed by atoms with van der Waals surface area (Å²) in [5, 5.41) is 0. The lowest BCUT2D eigenvalue weighted by atomic mass is 9.63. The van der Waals surface area contributed by atoms with Crippen LogP contribution in [-0.2, 0) is 0 Å². The molecular weight excluding hydrogens is 625 g/mol. The average Bonchev–Trinajstić information content (AvgIpc) is 4.02. The molecule has 15 rings (SSSR count). The summed E-state index contributed by atoms with van der Waals surface area (Å²) in [6, 6.07) is 63.2. The third kappa shape index (κ3) is 2.38. The van der Waals surface area contributed by atoms with Crippen molar-refractivity contribution in [3.8, 4) is 0 Å². The van der Waals surface area contributed by atoms with E-state index in [0.29, 0.717) is 47.3 Å². The fourth-order valence-corrected chi connectivity index (χ4v) is 15.5. The second kappa shape index (κ2) is 8.27. The van der Waals surface area contributed by atoms with Crippen molar-refractivity contribution in [3.05, 3.63) is 247 Å². The summed E-state index contributed by atoms with van der Waals surface area (Å²) < 4.78 is 0. The van der Waals surface area contributed by atoms with E-state index in [1.807, 2.05) is 0 Å². The number of fused-ring (bicyclic) bond motifs is 24. The molecular formula is C52H34. The molecule has 0 unspecified atom stereocenters. The molecule has 242 valence electrons. The highest BCUT2D eigenvalue weighted by Crippen LogP contribution is 2.86. The summed E-state index contributed by atoms with van der Waals surface area (Å²) in [5.74, 6) is 3.10. The summed E-state index contributed by atoms with van der Waals surface area (Å²) in [5.41, 5.74) is 25.6. The summed E-state index contributed by atoms with van der Waals surface area (Å²) in [6.45, 7) is 0. The highest BCUT2D eigenvalue weighted by molar-refractivity contribution is 5.79. The predicted octanol–water partition coefficient (Wildman–Crippen LogP) is 11.4. The van der Waals surface area contributed by atoms with Crippen LogP contribution in [-0.4, -0.2) is 0 Å². The molecule has 0 nitrogen and oxygen atoms in total. The largest absolute Gasteiger partial charge is 0.0620 e. The molecule has 0 saturated carbocycles. The average molecular weight is 659 g/mol. The Morgan fingerprint density at radius 2 is 0.327 bits per heavy atom. The second-order valence-corrected chi connectivity index (χ2v) is 17.3. The topological polar surface area (TPSA) is 0 Å². The first-order chi connectivity index (χ1) is 25.8. The molecule has 0 aromatic heterocycles. The van der Waals surface area contributed by atoms with Crippen LogP contribution in [0.4, 0.5) is 0 Å². The van der Waals surface area contributed by atoms with Crippen molar-refractivity contribution in [2.24, 2.45) is 10.8 Å². The Labute approximate surface area is 303 Å². The highest BCUT2D eigenvalue weighted by Gasteiger charge is 2.76. The van der Waals surface area contributed by atoms with Crippen molar-refractivity contribution < 1.29 is 0 Å². The van der Waals surface area contributed by atoms with Gasteiger partial charge >= 0.3 is 0 Å². The van der Waals surface area contributed by atoms with Gasteiger partial charge in [0.1, 0.15) is 0 Å². The quantitative estimate of drug-likeness (QED) is 0.152. The van der Waals surface area contributed by atoms with E-state index in [9.17, 15) is 0 Å². The van der Waals surface area contributed by atoms with Gasteiger partial charge in [-0.05, 0) is 89.0 Å². The van der Waals surface area contributed by atoms with Crippen molar-refractivity contribution in [2.45, 2.75) is 47.3 Å². The van der Waals surface area contributed by atoms with E-state index in [0.717, 1.165) is 0 Å². The van der Waals surface area contributed by atoms with Gasteiger partial charge in [-0.1, -0.05) is 158 Å². The van der Waals surface area contributed by atoms with E-state index < -0.39 is 0 Å². The molecule has 0 N–H and O–H groups in total. The van der Waals surface area contributed by atoms with Gasteiger partial charge in [0.25, 0.3) is 0 Å². The third-order valence-corrected chi connectivity index (χ3v) is 16.2. The minimum atomic E-state index is 0.0575. The lowest BCUT2D eigenvalue weighted by Crippen LogP contribution is -2.30. The minimum absolute atomic E-state index is 0.0575. The van der Waals surface area contributed by atoms with Crippen molar-refractivity contribution in [2.75, 3.05) is 0 Å². The monoisotopic (exact) mass is 658 g/mol. The molecule has 0 saturated heterocycles. The number of hydrogen-bond donors (Lipinski definition) is 0.